The molecule has 1 rings (SSSR count). The number of hydrogen-bond acceptors (Lipinski definition) is 5. The third-order valence-corrected chi connectivity index (χ3v) is 1.60. The number of primary amides is 1. The molecule has 0 fully saturated rings. The highest BCUT2D eigenvalue weighted by atomic mass is 16.2. The zero-order valence-electron chi connectivity index (χ0n) is 8.79. The molecule has 0 bridgehead atoms. The number of nitrogens with zero attached hydrogens (tertiary/aromatic N) is 3. The molecule has 90 valence electrons. The number of azo groups is 1. The number of carbonyl (C=O) groups excluding carboxylic acids is 1. The molecule has 1 aromatic carbocycles. The Balaban J connectivity index is 2.62. The van der Waals surface area contributed by atoms with Crippen LogP contribution < -0.4 is 28.2 Å². The molecule has 8 N–H and O–H groups in total. The van der Waals surface area contributed by atoms with Crippen molar-refractivity contribution < 1.29 is 4.79 Å². The van der Waals surface area contributed by atoms with Crippen molar-refractivity contribution in [1.82, 2.24) is 5.43 Å². The quantitative estimate of drug-likeness (QED) is 0.164. The Morgan fingerprint density at radius 3 is 2.35 bits per heavy atom. The Morgan fingerprint density at radius 1 is 1.18 bits per heavy atom. The second-order valence-corrected chi connectivity index (χ2v) is 2.85. The molecule has 0 heterocycles. The van der Waals surface area contributed by atoms with Crippen LogP contribution in [0.15, 0.2) is 39.6 Å². The molecule has 0 saturated carbocycles. The van der Waals surface area contributed by atoms with Crippen molar-refractivity contribution >= 4 is 23.4 Å². The lowest BCUT2D eigenvalue weighted by molar-refractivity contribution is 0.250. The number of nitrogens with two attached hydrogens (primary N) is 3. The van der Waals surface area contributed by atoms with Gasteiger partial charge in [-0.25, -0.2) is 4.79 Å². The summed E-state index contributed by atoms with van der Waals surface area (Å²) >= 11 is 0. The smallest absolute Gasteiger partial charge is 0.330 e. The van der Waals surface area contributed by atoms with Crippen LogP contribution in [0.5, 0.6) is 0 Å². The van der Waals surface area contributed by atoms with Gasteiger partial charge in [0.2, 0.25) is 0 Å². The fraction of sp³-hybridized carbons (Fsp3) is 0. The number of amides is 2. The summed E-state index contributed by atoms with van der Waals surface area (Å²) in [5.74, 6) is 4.75. The lowest BCUT2D eigenvalue weighted by Crippen LogP contribution is -2.34. The molecule has 0 unspecified atom stereocenters. The maximum absolute atomic E-state index is 10.4. The van der Waals surface area contributed by atoms with Crippen molar-refractivity contribution in [2.24, 2.45) is 32.6 Å². The van der Waals surface area contributed by atoms with E-state index >= 15 is 0 Å². The molecule has 0 aliphatic carbocycles. The van der Waals surface area contributed by atoms with Crippen molar-refractivity contribution in [3.63, 3.8) is 0 Å². The molecule has 1 aromatic rings. The van der Waals surface area contributed by atoms with E-state index in [4.69, 9.17) is 17.3 Å². The van der Waals surface area contributed by atoms with Gasteiger partial charge in [0.1, 0.15) is 0 Å². The number of rotatable bonds is 3. The maximum Gasteiger partial charge on any atom is 0.330 e. The topological polar surface area (TPSA) is 156 Å². The van der Waals surface area contributed by atoms with Gasteiger partial charge in [-0.05, 0) is 24.3 Å². The van der Waals surface area contributed by atoms with E-state index in [9.17, 15) is 4.79 Å². The molecule has 0 aliphatic rings. The summed E-state index contributed by atoms with van der Waals surface area (Å²) < 4.78 is 0. The van der Waals surface area contributed by atoms with Crippen LogP contribution in [0.1, 0.15) is 0 Å². The molecule has 9 nitrogen and oxygen atoms in total. The van der Waals surface area contributed by atoms with Crippen LogP contribution in [-0.4, -0.2) is 12.0 Å². The van der Waals surface area contributed by atoms with E-state index in [2.05, 4.69) is 26.2 Å². The van der Waals surface area contributed by atoms with Crippen molar-refractivity contribution in [3.05, 3.63) is 24.3 Å². The van der Waals surface area contributed by atoms with Gasteiger partial charge < -0.3 is 17.3 Å². The highest BCUT2D eigenvalue weighted by Gasteiger charge is 1.94. The van der Waals surface area contributed by atoms with E-state index in [1.807, 2.05) is 0 Å². The number of anilines is 1. The van der Waals surface area contributed by atoms with E-state index in [-0.39, 0.29) is 5.96 Å². The monoisotopic (exact) mass is 236 g/mol. The highest BCUT2D eigenvalue weighted by Crippen LogP contribution is 2.15. The fourth-order valence-corrected chi connectivity index (χ4v) is 0.880. The number of guanidine groups is 1. The normalized spacial score (nSPS) is 11.4. The average Bonchev–Trinajstić information content (AvgIpc) is 2.34. The molecule has 0 spiro atoms. The number of hydrogen-bond donors (Lipinski definition) is 5. The van der Waals surface area contributed by atoms with Crippen LogP contribution in [0.2, 0.25) is 0 Å². The summed E-state index contributed by atoms with van der Waals surface area (Å²) in [5, 5.41) is 10.4. The third kappa shape index (κ3) is 4.46. The van der Waals surface area contributed by atoms with Gasteiger partial charge in [-0.15, -0.1) is 15.3 Å². The van der Waals surface area contributed by atoms with Crippen molar-refractivity contribution in [2.75, 3.05) is 5.43 Å². The number of benzene rings is 1. The average molecular weight is 236 g/mol. The Morgan fingerprint density at radius 2 is 1.82 bits per heavy atom. The number of carbonyl (C=O) groups is 1. The van der Waals surface area contributed by atoms with Gasteiger partial charge in [-0.3, -0.25) is 10.9 Å². The second kappa shape index (κ2) is 5.90. The lowest BCUT2D eigenvalue weighted by Gasteiger charge is -2.05. The fourth-order valence-electron chi connectivity index (χ4n) is 0.880. The minimum Gasteiger partial charge on any atom is -0.365 e. The van der Waals surface area contributed by atoms with Gasteiger partial charge in [0, 0.05) is 0 Å². The summed E-state index contributed by atoms with van der Waals surface area (Å²) in [6.45, 7) is 0. The standard InChI is InChI=1S/C8H12N8O/c9-7(12-11)15-13-5-1-3-6(4-2-5)14-16-8(10)17/h1-4,14H,11H2,(H2,9,12)(H3,10,16,17). The molecule has 9 heteroatoms. The summed E-state index contributed by atoms with van der Waals surface area (Å²) in [4.78, 5) is 10.4. The maximum atomic E-state index is 10.4. The summed E-state index contributed by atoms with van der Waals surface area (Å²) in [6.07, 6.45) is 0. The molecule has 17 heavy (non-hydrogen) atoms. The van der Waals surface area contributed by atoms with Crippen LogP contribution >= 0.6 is 0 Å². The van der Waals surface area contributed by atoms with E-state index < -0.39 is 6.03 Å². The number of urea groups is 1. The predicted molar refractivity (Wildman–Crippen MR) is 63.1 cm³/mol. The molecule has 0 radical (unpaired) electrons. The molecule has 0 aromatic heterocycles. The van der Waals surface area contributed by atoms with Crippen molar-refractivity contribution in [2.45, 2.75) is 0 Å². The molecular formula is C8H12N8O. The van der Waals surface area contributed by atoms with Gasteiger partial charge in [0.25, 0.3) is 5.96 Å². The first-order chi connectivity index (χ1) is 8.11. The zero-order valence-corrected chi connectivity index (χ0v) is 8.79. The van der Waals surface area contributed by atoms with Gasteiger partial charge in [0.15, 0.2) is 0 Å². The van der Waals surface area contributed by atoms with Crippen LogP contribution in [0.4, 0.5) is 16.2 Å². The summed E-state index contributed by atoms with van der Waals surface area (Å²) in [6, 6.07) is 5.96. The Bertz CT molecular complexity index is 437. The summed E-state index contributed by atoms with van der Waals surface area (Å²) in [5.41, 5.74) is 16.1. The Labute approximate surface area is 96.7 Å². The molecule has 0 saturated heterocycles. The van der Waals surface area contributed by atoms with Crippen molar-refractivity contribution in [1.29, 1.82) is 0 Å². The van der Waals surface area contributed by atoms with Crippen LogP contribution in [0, 0.1) is 0 Å². The number of hydrazine groups is 1. The Hall–Kier alpha value is -2.84. The first-order valence-electron chi connectivity index (χ1n) is 4.48. The van der Waals surface area contributed by atoms with Gasteiger partial charge in [-0.2, -0.15) is 0 Å². The van der Waals surface area contributed by atoms with E-state index in [0.29, 0.717) is 11.4 Å². The predicted octanol–water partition coefficient (Wildman–Crippen LogP) is -0.0461. The molecular weight excluding hydrogens is 224 g/mol. The van der Waals surface area contributed by atoms with Crippen molar-refractivity contribution in [3.8, 4) is 0 Å². The van der Waals surface area contributed by atoms with Crippen LogP contribution in [0.25, 0.3) is 0 Å². The van der Waals surface area contributed by atoms with Crippen LogP contribution in [0.3, 0.4) is 0 Å². The highest BCUT2D eigenvalue weighted by molar-refractivity contribution is 5.78. The van der Waals surface area contributed by atoms with E-state index in [1.54, 1.807) is 24.3 Å². The minimum atomic E-state index is -0.680. The van der Waals surface area contributed by atoms with E-state index in [1.165, 1.54) is 0 Å². The number of nitrogens with one attached hydrogen (secondary N) is 2. The molecule has 0 atom stereocenters. The Kier molecular flexibility index (Phi) is 4.25. The minimum absolute atomic E-state index is 0.123. The van der Waals surface area contributed by atoms with Crippen LogP contribution in [-0.2, 0) is 0 Å². The first kappa shape index (κ1) is 12.2. The largest absolute Gasteiger partial charge is 0.365 e. The summed E-state index contributed by atoms with van der Waals surface area (Å²) in [7, 11) is 0. The van der Waals surface area contributed by atoms with Gasteiger partial charge >= 0.3 is 6.03 Å². The second-order valence-electron chi connectivity index (χ2n) is 2.85. The molecule has 0 aliphatic heterocycles. The third-order valence-electron chi connectivity index (χ3n) is 1.60. The number of hydrazone groups is 1. The first-order valence-corrected chi connectivity index (χ1v) is 4.48. The lowest BCUT2D eigenvalue weighted by atomic mass is 10.3. The van der Waals surface area contributed by atoms with Gasteiger partial charge in [0.05, 0.1) is 11.4 Å². The zero-order chi connectivity index (χ0) is 12.7. The van der Waals surface area contributed by atoms with E-state index in [0.717, 1.165) is 0 Å². The molecule has 2 amide bonds. The SMILES string of the molecule is NN=C(N)N=Nc1ccc(NNC(N)=O)cc1. The van der Waals surface area contributed by atoms with Gasteiger partial charge in [-0.1, -0.05) is 0 Å².